The monoisotopic (exact) mass is 201 g/mol. The second kappa shape index (κ2) is 4.75. The highest BCUT2D eigenvalue weighted by Gasteiger charge is 2.08. The van der Waals surface area contributed by atoms with E-state index in [0.29, 0.717) is 5.56 Å². The molecule has 0 spiro atoms. The van der Waals surface area contributed by atoms with Crippen LogP contribution in [0.1, 0.15) is 11.1 Å². The minimum Gasteiger partial charge on any atom is -0.320 e. The van der Waals surface area contributed by atoms with Crippen LogP contribution in [0.25, 0.3) is 0 Å². The van der Waals surface area contributed by atoms with Gasteiger partial charge >= 0.3 is 0 Å². The van der Waals surface area contributed by atoms with Crippen molar-refractivity contribution in [2.45, 2.75) is 0 Å². The van der Waals surface area contributed by atoms with E-state index in [0.717, 1.165) is 0 Å². The van der Waals surface area contributed by atoms with E-state index in [1.807, 2.05) is 6.07 Å². The fourth-order valence-corrected chi connectivity index (χ4v) is 0.994. The molecule has 0 bridgehead atoms. The van der Waals surface area contributed by atoms with Gasteiger partial charge in [-0.15, -0.1) is 0 Å². The van der Waals surface area contributed by atoms with Gasteiger partial charge in [0, 0.05) is 17.7 Å². The van der Waals surface area contributed by atoms with Crippen molar-refractivity contribution in [3.63, 3.8) is 0 Å². The highest BCUT2D eigenvalue weighted by Crippen LogP contribution is 2.16. The van der Waals surface area contributed by atoms with Crippen molar-refractivity contribution >= 4 is 5.69 Å². The highest BCUT2D eigenvalue weighted by atomic mass is 16.6. The number of non-ortho nitro benzene ring substituents is 1. The fraction of sp³-hybridized carbons (Fsp3) is 0.100. The third-order valence-corrected chi connectivity index (χ3v) is 1.66. The largest absolute Gasteiger partial charge is 0.320 e. The van der Waals surface area contributed by atoms with Crippen LogP contribution in [0, 0.1) is 33.3 Å². The number of nitrogens with zero attached hydrogens (tertiary/aromatic N) is 2. The molecule has 0 atom stereocenters. The van der Waals surface area contributed by atoms with Gasteiger partial charge in [0.1, 0.15) is 6.07 Å². The number of hydrogen-bond acceptors (Lipinski definition) is 4. The number of hydrogen-bond donors (Lipinski definition) is 1. The van der Waals surface area contributed by atoms with E-state index in [-0.39, 0.29) is 17.8 Å². The Hall–Kier alpha value is -2.37. The third kappa shape index (κ3) is 2.53. The second-order valence-electron chi connectivity index (χ2n) is 2.60. The molecule has 0 saturated heterocycles. The summed E-state index contributed by atoms with van der Waals surface area (Å²) in [6, 6.07) is 5.80. The summed E-state index contributed by atoms with van der Waals surface area (Å²) in [7, 11) is 0. The zero-order chi connectivity index (χ0) is 11.3. The van der Waals surface area contributed by atoms with Crippen molar-refractivity contribution < 1.29 is 4.92 Å². The first-order chi connectivity index (χ1) is 7.19. The molecule has 0 aromatic heterocycles. The van der Waals surface area contributed by atoms with Crippen LogP contribution in [0.5, 0.6) is 0 Å². The number of nitrogens with two attached hydrogens (primary N) is 1. The summed E-state index contributed by atoms with van der Waals surface area (Å²) in [5.74, 6) is 5.25. The van der Waals surface area contributed by atoms with Crippen LogP contribution in [0.15, 0.2) is 18.2 Å². The number of rotatable bonds is 1. The van der Waals surface area contributed by atoms with Crippen LogP contribution in [0.2, 0.25) is 0 Å². The Morgan fingerprint density at radius 1 is 1.47 bits per heavy atom. The molecule has 0 amide bonds. The summed E-state index contributed by atoms with van der Waals surface area (Å²) in [5, 5.41) is 19.2. The van der Waals surface area contributed by atoms with Gasteiger partial charge in [0.25, 0.3) is 5.69 Å². The smallest absolute Gasteiger partial charge is 0.270 e. The maximum absolute atomic E-state index is 10.4. The van der Waals surface area contributed by atoms with Gasteiger partial charge in [0.2, 0.25) is 0 Å². The van der Waals surface area contributed by atoms with Crippen molar-refractivity contribution in [2.75, 3.05) is 6.54 Å². The quantitative estimate of drug-likeness (QED) is 0.412. The number of benzene rings is 1. The molecule has 0 aliphatic carbocycles. The molecule has 2 N–H and O–H groups in total. The molecule has 0 radical (unpaired) electrons. The normalized spacial score (nSPS) is 8.53. The van der Waals surface area contributed by atoms with Gasteiger partial charge in [0.05, 0.1) is 17.0 Å². The van der Waals surface area contributed by atoms with Gasteiger partial charge < -0.3 is 5.73 Å². The first-order valence-corrected chi connectivity index (χ1v) is 4.06. The van der Waals surface area contributed by atoms with Gasteiger partial charge in [-0.25, -0.2) is 0 Å². The molecule has 1 aromatic rings. The summed E-state index contributed by atoms with van der Waals surface area (Å²) in [4.78, 5) is 9.88. The first kappa shape index (κ1) is 10.7. The van der Waals surface area contributed by atoms with Crippen molar-refractivity contribution in [3.8, 4) is 17.9 Å². The highest BCUT2D eigenvalue weighted by molar-refractivity contribution is 5.53. The van der Waals surface area contributed by atoms with Gasteiger partial charge in [0.15, 0.2) is 0 Å². The van der Waals surface area contributed by atoms with Crippen LogP contribution >= 0.6 is 0 Å². The van der Waals surface area contributed by atoms with Crippen LogP contribution in [-0.2, 0) is 0 Å². The SMILES string of the molecule is N#Cc1cc([N+](=O)[O-])ccc1C#CCN. The first-order valence-electron chi connectivity index (χ1n) is 4.06. The van der Waals surface area contributed by atoms with Crippen molar-refractivity contribution in [1.82, 2.24) is 0 Å². The molecule has 15 heavy (non-hydrogen) atoms. The third-order valence-electron chi connectivity index (χ3n) is 1.66. The van der Waals surface area contributed by atoms with Crippen molar-refractivity contribution in [3.05, 3.63) is 39.4 Å². The average molecular weight is 201 g/mol. The summed E-state index contributed by atoms with van der Waals surface area (Å²) >= 11 is 0. The molecule has 0 aliphatic rings. The molecule has 1 aromatic carbocycles. The van der Waals surface area contributed by atoms with Gasteiger partial charge in [-0.2, -0.15) is 5.26 Å². The lowest BCUT2D eigenvalue weighted by Gasteiger charge is -1.95. The lowest BCUT2D eigenvalue weighted by atomic mass is 10.1. The van der Waals surface area contributed by atoms with E-state index in [4.69, 9.17) is 11.0 Å². The number of nitro groups is 1. The molecule has 0 unspecified atom stereocenters. The van der Waals surface area contributed by atoms with Gasteiger partial charge in [-0.1, -0.05) is 11.8 Å². The Balaban J connectivity index is 3.22. The Bertz CT molecular complexity index is 492. The van der Waals surface area contributed by atoms with E-state index in [2.05, 4.69) is 11.8 Å². The van der Waals surface area contributed by atoms with E-state index in [1.54, 1.807) is 0 Å². The van der Waals surface area contributed by atoms with Crippen LogP contribution in [0.4, 0.5) is 5.69 Å². The molecule has 5 heteroatoms. The van der Waals surface area contributed by atoms with Crippen molar-refractivity contribution in [1.29, 1.82) is 5.26 Å². The Morgan fingerprint density at radius 3 is 2.73 bits per heavy atom. The van der Waals surface area contributed by atoms with E-state index < -0.39 is 4.92 Å². The van der Waals surface area contributed by atoms with Crippen LogP contribution in [-0.4, -0.2) is 11.5 Å². The average Bonchev–Trinajstić information content (AvgIpc) is 2.25. The second-order valence-corrected chi connectivity index (χ2v) is 2.60. The Morgan fingerprint density at radius 2 is 2.20 bits per heavy atom. The van der Waals surface area contributed by atoms with Crippen molar-refractivity contribution in [2.24, 2.45) is 5.73 Å². The van der Waals surface area contributed by atoms with Crippen LogP contribution < -0.4 is 5.73 Å². The molecule has 0 aliphatic heterocycles. The Labute approximate surface area is 86.3 Å². The Kier molecular flexibility index (Phi) is 3.39. The van der Waals surface area contributed by atoms with Gasteiger partial charge in [-0.3, -0.25) is 10.1 Å². The van der Waals surface area contributed by atoms with E-state index in [1.165, 1.54) is 18.2 Å². The molecule has 0 saturated carbocycles. The van der Waals surface area contributed by atoms with Crippen LogP contribution in [0.3, 0.4) is 0 Å². The summed E-state index contributed by atoms with van der Waals surface area (Å²) in [6.07, 6.45) is 0. The molecular formula is C10H7N3O2. The molecule has 1 rings (SSSR count). The predicted molar refractivity (Wildman–Crippen MR) is 53.7 cm³/mol. The molecule has 0 heterocycles. The zero-order valence-electron chi connectivity index (χ0n) is 7.73. The molecular weight excluding hydrogens is 194 g/mol. The summed E-state index contributed by atoms with van der Waals surface area (Å²) in [6.45, 7) is 0.182. The molecule has 0 fully saturated rings. The van der Waals surface area contributed by atoms with E-state index >= 15 is 0 Å². The number of nitro benzene ring substituents is 1. The molecule has 5 nitrogen and oxygen atoms in total. The zero-order valence-corrected chi connectivity index (χ0v) is 7.73. The topological polar surface area (TPSA) is 92.9 Å². The summed E-state index contributed by atoms with van der Waals surface area (Å²) in [5.41, 5.74) is 5.70. The predicted octanol–water partition coefficient (Wildman–Crippen LogP) is 0.777. The fourth-order valence-electron chi connectivity index (χ4n) is 0.994. The lowest BCUT2D eigenvalue weighted by Crippen LogP contribution is -1.94. The van der Waals surface area contributed by atoms with E-state index in [9.17, 15) is 10.1 Å². The lowest BCUT2D eigenvalue weighted by molar-refractivity contribution is -0.384. The number of nitriles is 1. The maximum atomic E-state index is 10.4. The van der Waals surface area contributed by atoms with Gasteiger partial charge in [-0.05, 0) is 6.07 Å². The summed E-state index contributed by atoms with van der Waals surface area (Å²) < 4.78 is 0. The minimum absolute atomic E-state index is 0.121. The molecule has 74 valence electrons. The standard InChI is InChI=1S/C10H7N3O2/c11-5-1-2-8-3-4-10(13(14)15)6-9(8)7-12/h3-4,6H,5,11H2. The maximum Gasteiger partial charge on any atom is 0.270 e. The minimum atomic E-state index is -0.555.